The monoisotopic (exact) mass is 288 g/mol. The van der Waals surface area contributed by atoms with Gasteiger partial charge in [0.05, 0.1) is 17.1 Å². The van der Waals surface area contributed by atoms with Crippen LogP contribution in [-0.2, 0) is 13.0 Å². The van der Waals surface area contributed by atoms with Gasteiger partial charge in [-0.15, -0.1) is 0 Å². The molecule has 0 aliphatic carbocycles. The topological polar surface area (TPSA) is 56.7 Å². The van der Waals surface area contributed by atoms with Gasteiger partial charge >= 0.3 is 0 Å². The van der Waals surface area contributed by atoms with E-state index in [9.17, 15) is 0 Å². The number of nitrogens with zero attached hydrogens (tertiary/aromatic N) is 4. The number of aryl methyl sites for hydroxylation is 1. The Balaban J connectivity index is 1.86. The van der Waals surface area contributed by atoms with Crippen LogP contribution in [0.25, 0.3) is 11.5 Å². The van der Waals surface area contributed by atoms with Gasteiger partial charge in [-0.3, -0.25) is 0 Å². The van der Waals surface area contributed by atoms with Crippen LogP contribution in [0.5, 0.6) is 0 Å². The molecule has 0 aliphatic rings. The fraction of sp³-hybridized carbons (Fsp3) is 0.214. The second kappa shape index (κ2) is 5.46. The zero-order chi connectivity index (χ0) is 13.9. The fourth-order valence-corrected chi connectivity index (χ4v) is 2.23. The Morgan fingerprint density at radius 3 is 2.95 bits per heavy atom. The molecule has 0 saturated carbocycles. The zero-order valence-corrected chi connectivity index (χ0v) is 11.7. The molecular formula is C14H13ClN4O. The van der Waals surface area contributed by atoms with E-state index >= 15 is 0 Å². The van der Waals surface area contributed by atoms with Gasteiger partial charge in [0, 0.05) is 18.8 Å². The maximum absolute atomic E-state index is 6.12. The first kappa shape index (κ1) is 12.9. The molecule has 3 rings (SSSR count). The van der Waals surface area contributed by atoms with Crippen LogP contribution in [0, 0.1) is 0 Å². The van der Waals surface area contributed by atoms with Crippen molar-refractivity contribution < 1.29 is 4.52 Å². The number of halogens is 1. The third-order valence-corrected chi connectivity index (χ3v) is 3.33. The van der Waals surface area contributed by atoms with Crippen molar-refractivity contribution in [3.8, 4) is 11.5 Å². The molecule has 1 aromatic carbocycles. The fourth-order valence-electron chi connectivity index (χ4n) is 2.01. The molecule has 0 atom stereocenters. The number of hydrogen-bond donors (Lipinski definition) is 0. The molecule has 0 aliphatic heterocycles. The van der Waals surface area contributed by atoms with Gasteiger partial charge in [-0.2, -0.15) is 4.98 Å². The Kier molecular flexibility index (Phi) is 3.52. The number of benzene rings is 1. The van der Waals surface area contributed by atoms with E-state index < -0.39 is 0 Å². The highest BCUT2D eigenvalue weighted by molar-refractivity contribution is 6.33. The molecule has 5 nitrogen and oxygen atoms in total. The lowest BCUT2D eigenvalue weighted by Crippen LogP contribution is -2.04. The van der Waals surface area contributed by atoms with Crippen LogP contribution in [0.1, 0.15) is 18.6 Å². The maximum atomic E-state index is 6.12. The van der Waals surface area contributed by atoms with Crippen LogP contribution in [0.3, 0.4) is 0 Å². The van der Waals surface area contributed by atoms with Gasteiger partial charge < -0.3 is 9.09 Å². The van der Waals surface area contributed by atoms with Gasteiger partial charge in [0.15, 0.2) is 5.82 Å². The smallest absolute Gasteiger partial charge is 0.259 e. The molecule has 2 aromatic heterocycles. The molecule has 0 amide bonds. The minimum absolute atomic E-state index is 0.434. The minimum Gasteiger partial charge on any atom is -0.334 e. The summed E-state index contributed by atoms with van der Waals surface area (Å²) in [6, 6.07) is 7.40. The van der Waals surface area contributed by atoms with Crippen molar-refractivity contribution in [2.24, 2.45) is 0 Å². The lowest BCUT2D eigenvalue weighted by molar-refractivity contribution is 0.420. The molecule has 0 bridgehead atoms. The average molecular weight is 289 g/mol. The third kappa shape index (κ3) is 2.44. The molecule has 0 fully saturated rings. The quantitative estimate of drug-likeness (QED) is 0.740. The number of hydrogen-bond acceptors (Lipinski definition) is 4. The maximum Gasteiger partial charge on any atom is 0.259 e. The zero-order valence-electron chi connectivity index (χ0n) is 11.0. The Hall–Kier alpha value is -2.14. The molecule has 20 heavy (non-hydrogen) atoms. The summed E-state index contributed by atoms with van der Waals surface area (Å²) in [5, 5.41) is 4.59. The van der Waals surface area contributed by atoms with Gasteiger partial charge in [-0.25, -0.2) is 4.98 Å². The van der Waals surface area contributed by atoms with E-state index in [4.69, 9.17) is 16.1 Å². The Labute approximate surface area is 121 Å². The first-order chi connectivity index (χ1) is 9.78. The summed E-state index contributed by atoms with van der Waals surface area (Å²) in [5.41, 5.74) is 0.745. The summed E-state index contributed by atoms with van der Waals surface area (Å²) in [6.45, 7) is 2.60. The second-order valence-electron chi connectivity index (χ2n) is 4.32. The molecule has 0 N–H and O–H groups in total. The first-order valence-electron chi connectivity index (χ1n) is 6.35. The predicted octanol–water partition coefficient (Wildman–Crippen LogP) is 3.20. The predicted molar refractivity (Wildman–Crippen MR) is 75.5 cm³/mol. The van der Waals surface area contributed by atoms with E-state index in [0.717, 1.165) is 17.8 Å². The van der Waals surface area contributed by atoms with Crippen LogP contribution in [0.2, 0.25) is 5.02 Å². The number of rotatable bonds is 4. The highest BCUT2D eigenvalue weighted by Crippen LogP contribution is 2.25. The highest BCUT2D eigenvalue weighted by Gasteiger charge is 2.12. The molecule has 102 valence electrons. The van der Waals surface area contributed by atoms with Crippen LogP contribution >= 0.6 is 11.6 Å². The summed E-state index contributed by atoms with van der Waals surface area (Å²) in [5.74, 6) is 2.03. The minimum atomic E-state index is 0.434. The Bertz CT molecular complexity index is 719. The molecule has 0 radical (unpaired) electrons. The molecular weight excluding hydrogens is 276 g/mol. The average Bonchev–Trinajstić information content (AvgIpc) is 3.09. The second-order valence-corrected chi connectivity index (χ2v) is 4.73. The van der Waals surface area contributed by atoms with Crippen molar-refractivity contribution in [2.45, 2.75) is 19.9 Å². The Morgan fingerprint density at radius 1 is 1.30 bits per heavy atom. The third-order valence-electron chi connectivity index (χ3n) is 3.00. The Morgan fingerprint density at radius 2 is 2.15 bits per heavy atom. The van der Waals surface area contributed by atoms with Crippen molar-refractivity contribution in [1.29, 1.82) is 0 Å². The lowest BCUT2D eigenvalue weighted by Gasteiger charge is -2.01. The van der Waals surface area contributed by atoms with Crippen LogP contribution in [0.15, 0.2) is 41.2 Å². The van der Waals surface area contributed by atoms with E-state index in [1.54, 1.807) is 12.3 Å². The van der Waals surface area contributed by atoms with E-state index in [-0.39, 0.29) is 0 Å². The van der Waals surface area contributed by atoms with E-state index in [0.29, 0.717) is 23.3 Å². The SMILES string of the molecule is CCc1nccn1Cc1noc(-c2ccccc2Cl)n1. The van der Waals surface area contributed by atoms with Crippen LogP contribution in [-0.4, -0.2) is 19.7 Å². The molecule has 0 spiro atoms. The van der Waals surface area contributed by atoms with Crippen LogP contribution < -0.4 is 0 Å². The summed E-state index contributed by atoms with van der Waals surface area (Å²) < 4.78 is 7.28. The largest absolute Gasteiger partial charge is 0.334 e. The summed E-state index contributed by atoms with van der Waals surface area (Å²) in [4.78, 5) is 8.65. The number of aromatic nitrogens is 4. The van der Waals surface area contributed by atoms with Gasteiger partial charge in [0.25, 0.3) is 5.89 Å². The standard InChI is InChI=1S/C14H13ClN4O/c1-2-13-16-7-8-19(13)9-12-17-14(20-18-12)10-5-3-4-6-11(10)15/h3-8H,2,9H2,1H3. The number of imidazole rings is 1. The van der Waals surface area contributed by atoms with E-state index in [1.807, 2.05) is 29.0 Å². The van der Waals surface area contributed by atoms with Gasteiger partial charge in [-0.05, 0) is 12.1 Å². The molecule has 0 unspecified atom stereocenters. The van der Waals surface area contributed by atoms with Gasteiger partial charge in [-0.1, -0.05) is 35.8 Å². The van der Waals surface area contributed by atoms with Crippen molar-refractivity contribution in [2.75, 3.05) is 0 Å². The summed E-state index contributed by atoms with van der Waals surface area (Å²) in [7, 11) is 0. The van der Waals surface area contributed by atoms with E-state index in [2.05, 4.69) is 22.0 Å². The molecule has 6 heteroatoms. The normalized spacial score (nSPS) is 10.9. The van der Waals surface area contributed by atoms with Gasteiger partial charge in [0.2, 0.25) is 0 Å². The molecule has 3 aromatic rings. The van der Waals surface area contributed by atoms with E-state index in [1.165, 1.54) is 0 Å². The first-order valence-corrected chi connectivity index (χ1v) is 6.73. The lowest BCUT2D eigenvalue weighted by atomic mass is 10.2. The molecule has 2 heterocycles. The van der Waals surface area contributed by atoms with Crippen molar-refractivity contribution in [3.05, 3.63) is 53.3 Å². The summed E-state index contributed by atoms with van der Waals surface area (Å²) in [6.07, 6.45) is 4.54. The van der Waals surface area contributed by atoms with Crippen molar-refractivity contribution in [3.63, 3.8) is 0 Å². The van der Waals surface area contributed by atoms with Gasteiger partial charge in [0.1, 0.15) is 5.82 Å². The van der Waals surface area contributed by atoms with Crippen molar-refractivity contribution >= 4 is 11.6 Å². The van der Waals surface area contributed by atoms with Crippen LogP contribution in [0.4, 0.5) is 0 Å². The van der Waals surface area contributed by atoms with Crippen molar-refractivity contribution in [1.82, 2.24) is 19.7 Å². The molecule has 0 saturated heterocycles. The highest BCUT2D eigenvalue weighted by atomic mass is 35.5. The summed E-state index contributed by atoms with van der Waals surface area (Å²) >= 11 is 6.12.